The summed E-state index contributed by atoms with van der Waals surface area (Å²) in [7, 11) is 0. The lowest BCUT2D eigenvalue weighted by Gasteiger charge is -2.52. The summed E-state index contributed by atoms with van der Waals surface area (Å²) < 4.78 is 14.5. The van der Waals surface area contributed by atoms with Crippen LogP contribution in [0.25, 0.3) is 0 Å². The number of alkyl carbamates (subject to hydrolysis) is 1. The lowest BCUT2D eigenvalue weighted by molar-refractivity contribution is -0.384. The maximum absolute atomic E-state index is 13.2. The van der Waals surface area contributed by atoms with E-state index in [1.807, 2.05) is 0 Å². The number of nitrogens with zero attached hydrogens (tertiary/aromatic N) is 5. The Labute approximate surface area is 275 Å². The molecule has 3 amide bonds. The van der Waals surface area contributed by atoms with E-state index >= 15 is 0 Å². The Hall–Kier alpha value is -4.23. The molecule has 20 heteroatoms. The molecule has 0 bridgehead atoms. The molecule has 1 aromatic heterocycles. The number of esters is 1. The van der Waals surface area contributed by atoms with Crippen LogP contribution in [-0.2, 0) is 35.3 Å². The van der Waals surface area contributed by atoms with Gasteiger partial charge in [0.1, 0.15) is 30.2 Å². The quantitative estimate of drug-likeness (QED) is 0.0546. The second-order valence-electron chi connectivity index (χ2n) is 11.1. The molecule has 2 unspecified atom stereocenters. The third kappa shape index (κ3) is 8.73. The first-order chi connectivity index (χ1) is 21.7. The van der Waals surface area contributed by atoms with Crippen LogP contribution >= 0.6 is 34.9 Å². The summed E-state index contributed by atoms with van der Waals surface area (Å²) in [5.41, 5.74) is 5.17. The minimum Gasteiger partial charge on any atom is -0.459 e. The highest BCUT2D eigenvalue weighted by atomic mass is 35.5. The molecule has 0 radical (unpaired) electrons. The average Bonchev–Trinajstić information content (AvgIpc) is 3.42. The van der Waals surface area contributed by atoms with E-state index in [0.717, 1.165) is 11.5 Å². The second-order valence-corrected chi connectivity index (χ2v) is 13.7. The maximum Gasteiger partial charge on any atom is 0.407 e. The third-order valence-electron chi connectivity index (χ3n) is 6.32. The van der Waals surface area contributed by atoms with Crippen molar-refractivity contribution >= 4 is 75.3 Å². The number of amides is 3. The highest BCUT2D eigenvalue weighted by Gasteiger charge is 2.57. The van der Waals surface area contributed by atoms with E-state index in [9.17, 15) is 29.3 Å². The first kappa shape index (κ1) is 34.6. The van der Waals surface area contributed by atoms with Gasteiger partial charge in [-0.25, -0.2) is 4.79 Å². The molecule has 2 saturated heterocycles. The lowest BCUT2D eigenvalue weighted by Crippen LogP contribution is -2.74. The van der Waals surface area contributed by atoms with Crippen molar-refractivity contribution < 1.29 is 38.4 Å². The minimum absolute atomic E-state index is 0.0267. The minimum atomic E-state index is -1.53. The number of nitro benzene ring substituents is 1. The van der Waals surface area contributed by atoms with Gasteiger partial charge in [-0.1, -0.05) is 5.16 Å². The van der Waals surface area contributed by atoms with E-state index in [1.165, 1.54) is 40.9 Å². The molecule has 4 N–H and O–H groups in total. The molecule has 2 aromatic rings. The van der Waals surface area contributed by atoms with Crippen LogP contribution < -0.4 is 16.4 Å². The molecule has 2 aliphatic rings. The standard InChI is InChI=1S/C26H31ClN8O9S2/c1-25(2,3)44-24(39)29-9-4-10-43-32-16(18-31-23(28)46-33-18)19(36)30-17-20(37)34-12-26(27,13-45-21(17)34)22(38)42-11-14-5-7-15(8-6-14)35(40)41/h5-8,17,21H,4,9-13H2,1-3H3,(H,29,39)(H,30,36)(H2,28,31,33)/t17?,21-,26?/m1/s1. The fourth-order valence-corrected chi connectivity index (χ4v) is 6.32. The van der Waals surface area contributed by atoms with Gasteiger partial charge >= 0.3 is 12.1 Å². The molecule has 3 atom stereocenters. The predicted octanol–water partition coefficient (Wildman–Crippen LogP) is 1.78. The summed E-state index contributed by atoms with van der Waals surface area (Å²) in [5.74, 6) is -2.02. The summed E-state index contributed by atoms with van der Waals surface area (Å²) in [6, 6.07) is 4.57. The number of benzene rings is 1. The molecule has 2 aliphatic heterocycles. The molecule has 0 aliphatic carbocycles. The zero-order valence-electron chi connectivity index (χ0n) is 24.9. The zero-order chi connectivity index (χ0) is 33.6. The monoisotopic (exact) mass is 698 g/mol. The smallest absolute Gasteiger partial charge is 0.407 e. The van der Waals surface area contributed by atoms with Crippen LogP contribution in [-0.4, -0.2) is 96.1 Å². The maximum atomic E-state index is 13.2. The molecule has 248 valence electrons. The van der Waals surface area contributed by atoms with E-state index in [-0.39, 0.29) is 54.4 Å². The van der Waals surface area contributed by atoms with Crippen LogP contribution in [0.3, 0.4) is 0 Å². The molecule has 2 fully saturated rings. The fraction of sp³-hybridized carbons (Fsp3) is 0.500. The Morgan fingerprint density at radius 1 is 1.28 bits per heavy atom. The summed E-state index contributed by atoms with van der Waals surface area (Å²) >= 11 is 8.62. The van der Waals surface area contributed by atoms with Crippen molar-refractivity contribution in [3.05, 3.63) is 45.8 Å². The highest BCUT2D eigenvalue weighted by molar-refractivity contribution is 8.00. The number of carbonyl (C=O) groups excluding carboxylic acids is 4. The van der Waals surface area contributed by atoms with Gasteiger partial charge in [-0.15, -0.1) is 23.4 Å². The average molecular weight is 699 g/mol. The number of ether oxygens (including phenoxy) is 2. The number of nitrogen functional groups attached to an aromatic ring is 1. The Morgan fingerprint density at radius 3 is 2.63 bits per heavy atom. The van der Waals surface area contributed by atoms with Crippen molar-refractivity contribution in [1.29, 1.82) is 0 Å². The normalized spacial score (nSPS) is 21.0. The first-order valence-corrected chi connectivity index (χ1v) is 16.0. The number of rotatable bonds is 12. The van der Waals surface area contributed by atoms with Crippen LogP contribution in [0.1, 0.15) is 38.6 Å². The molecule has 1 aromatic carbocycles. The second kappa shape index (κ2) is 14.5. The van der Waals surface area contributed by atoms with Gasteiger partial charge in [0.2, 0.25) is 17.4 Å². The Kier molecular flexibility index (Phi) is 10.9. The fourth-order valence-electron chi connectivity index (χ4n) is 4.14. The number of aromatic nitrogens is 2. The molecular weight excluding hydrogens is 668 g/mol. The van der Waals surface area contributed by atoms with Crippen molar-refractivity contribution in [2.75, 3.05) is 31.2 Å². The van der Waals surface area contributed by atoms with Gasteiger partial charge in [-0.3, -0.25) is 24.5 Å². The van der Waals surface area contributed by atoms with Crippen LogP contribution in [0.5, 0.6) is 0 Å². The summed E-state index contributed by atoms with van der Waals surface area (Å²) in [5, 5.41) is 19.5. The van der Waals surface area contributed by atoms with Gasteiger partial charge in [0.05, 0.1) is 11.5 Å². The number of carbonyl (C=O) groups is 4. The van der Waals surface area contributed by atoms with Crippen LogP contribution in [0.15, 0.2) is 29.4 Å². The summed E-state index contributed by atoms with van der Waals surface area (Å²) in [4.78, 5) is 70.2. The number of nitro groups is 1. The zero-order valence-corrected chi connectivity index (χ0v) is 27.3. The molecular formula is C26H31ClN8O9S2. The Morgan fingerprint density at radius 2 is 2.00 bits per heavy atom. The number of nitrogens with one attached hydrogen (secondary N) is 2. The van der Waals surface area contributed by atoms with Gasteiger partial charge in [0.25, 0.3) is 11.6 Å². The number of halogens is 1. The molecule has 0 saturated carbocycles. The summed E-state index contributed by atoms with van der Waals surface area (Å²) in [6.07, 6.45) is -0.237. The van der Waals surface area contributed by atoms with E-state index in [2.05, 4.69) is 25.1 Å². The van der Waals surface area contributed by atoms with Gasteiger partial charge in [0.15, 0.2) is 10.0 Å². The number of nitrogens with two attached hydrogens (primary N) is 1. The SMILES string of the molecule is CC(C)(C)OC(=O)NCCCON=C(C(=O)NC1C(=O)N2CC(Cl)(C(=O)OCc3ccc([N+](=O)[O-])cc3)CS[C@H]12)c1nsc(N)n1. The number of hydrogen-bond donors (Lipinski definition) is 3. The number of β-lactam (4-membered cyclic amide) rings is 1. The number of hydrogen-bond acceptors (Lipinski definition) is 15. The number of thioether (sulfide) groups is 1. The predicted molar refractivity (Wildman–Crippen MR) is 167 cm³/mol. The van der Waals surface area contributed by atoms with Gasteiger partial charge in [0, 0.05) is 42.4 Å². The van der Waals surface area contributed by atoms with Gasteiger partial charge in [-0.05, 0) is 38.5 Å². The molecule has 46 heavy (non-hydrogen) atoms. The van der Waals surface area contributed by atoms with Crippen molar-refractivity contribution in [3.8, 4) is 0 Å². The van der Waals surface area contributed by atoms with Crippen LogP contribution in [0.2, 0.25) is 0 Å². The van der Waals surface area contributed by atoms with Crippen molar-refractivity contribution in [2.24, 2.45) is 5.16 Å². The Bertz CT molecular complexity index is 1520. The van der Waals surface area contributed by atoms with Crippen LogP contribution in [0.4, 0.5) is 15.6 Å². The third-order valence-corrected chi connectivity index (χ3v) is 8.96. The number of anilines is 1. The van der Waals surface area contributed by atoms with Crippen molar-refractivity contribution in [2.45, 2.75) is 55.7 Å². The number of oxime groups is 1. The van der Waals surface area contributed by atoms with Gasteiger partial charge < -0.3 is 35.6 Å². The van der Waals surface area contributed by atoms with E-state index in [0.29, 0.717) is 12.0 Å². The Balaban J connectivity index is 1.29. The largest absolute Gasteiger partial charge is 0.459 e. The van der Waals surface area contributed by atoms with Crippen molar-refractivity contribution in [3.63, 3.8) is 0 Å². The summed E-state index contributed by atoms with van der Waals surface area (Å²) in [6.45, 7) is 5.17. The molecule has 0 spiro atoms. The van der Waals surface area contributed by atoms with Gasteiger partial charge in [-0.2, -0.15) is 9.36 Å². The van der Waals surface area contributed by atoms with Crippen LogP contribution in [0, 0.1) is 10.1 Å². The highest BCUT2D eigenvalue weighted by Crippen LogP contribution is 2.41. The lowest BCUT2D eigenvalue weighted by atomic mass is 10.0. The molecule has 3 heterocycles. The number of fused-ring (bicyclic) bond motifs is 1. The topological polar surface area (TPSA) is 231 Å². The number of alkyl halides is 1. The first-order valence-electron chi connectivity index (χ1n) is 13.8. The molecule has 4 rings (SSSR count). The van der Waals surface area contributed by atoms with E-state index in [4.69, 9.17) is 31.6 Å². The molecule has 17 nitrogen and oxygen atoms in total. The van der Waals surface area contributed by atoms with E-state index in [1.54, 1.807) is 20.8 Å². The number of non-ortho nitro benzene ring substituents is 1. The van der Waals surface area contributed by atoms with E-state index < -0.39 is 50.7 Å². The van der Waals surface area contributed by atoms with Crippen molar-refractivity contribution in [1.82, 2.24) is 24.9 Å².